The maximum Gasteiger partial charge on any atom is 0.276 e. The second-order valence-electron chi connectivity index (χ2n) is 8.90. The Morgan fingerprint density at radius 2 is 1.86 bits per heavy atom. The molecule has 3 N–H and O–H groups in total. The van der Waals surface area contributed by atoms with Gasteiger partial charge < -0.3 is 25.0 Å². The maximum atomic E-state index is 12.1. The number of aliphatic hydroxyl groups excluding tert-OH is 2. The Kier molecular flexibility index (Phi) is 8.94. The van der Waals surface area contributed by atoms with Crippen molar-refractivity contribution >= 4 is 46.4 Å². The first kappa shape index (κ1) is 26.6. The molecule has 2 heterocycles. The van der Waals surface area contributed by atoms with Crippen LogP contribution in [0, 0.1) is 0 Å². The number of hydrogen-bond donors (Lipinski definition) is 3. The van der Waals surface area contributed by atoms with Gasteiger partial charge in [0, 0.05) is 30.3 Å². The molecule has 2 aromatic rings. The Morgan fingerprint density at radius 1 is 1.09 bits per heavy atom. The number of ether oxygens (including phenoxy) is 2. The first-order valence-electron chi connectivity index (χ1n) is 11.6. The maximum absolute atomic E-state index is 12.1. The summed E-state index contributed by atoms with van der Waals surface area (Å²) in [6.45, 7) is 1.71. The predicted molar refractivity (Wildman–Crippen MR) is 135 cm³/mol. The fourth-order valence-corrected chi connectivity index (χ4v) is 4.74. The van der Waals surface area contributed by atoms with E-state index in [2.05, 4.69) is 10.2 Å². The van der Waals surface area contributed by atoms with E-state index in [1.54, 1.807) is 18.2 Å². The molecule has 0 unspecified atom stereocenters. The van der Waals surface area contributed by atoms with E-state index in [1.807, 2.05) is 30.3 Å². The molecule has 2 aliphatic heterocycles. The van der Waals surface area contributed by atoms with E-state index in [-0.39, 0.29) is 31.5 Å². The monoisotopic (exact) mass is 542 g/mol. The molecular weight excluding hydrogens is 515 g/mol. The molecule has 2 aliphatic rings. The highest BCUT2D eigenvalue weighted by atomic mass is 35.6. The normalized spacial score (nSPS) is 25.5. The fraction of sp³-hybridized carbons (Fsp3) is 0.480. The van der Waals surface area contributed by atoms with Crippen molar-refractivity contribution in [3.05, 3.63) is 65.2 Å². The minimum absolute atomic E-state index is 0.0234. The molecule has 0 radical (unpaired) electrons. The third kappa shape index (κ3) is 6.87. The summed E-state index contributed by atoms with van der Waals surface area (Å²) in [6.07, 6.45) is 1.61. The highest BCUT2D eigenvalue weighted by Crippen LogP contribution is 2.39. The van der Waals surface area contributed by atoms with Crippen LogP contribution >= 0.6 is 34.8 Å². The Labute approximate surface area is 219 Å². The van der Waals surface area contributed by atoms with Crippen molar-refractivity contribution < 1.29 is 24.5 Å². The van der Waals surface area contributed by atoms with Gasteiger partial charge in [-0.2, -0.15) is 0 Å². The molecule has 2 saturated heterocycles. The van der Waals surface area contributed by atoms with Crippen LogP contribution in [0.4, 0.5) is 5.69 Å². The zero-order chi connectivity index (χ0) is 25.0. The van der Waals surface area contributed by atoms with E-state index in [4.69, 9.17) is 44.3 Å². The summed E-state index contributed by atoms with van der Waals surface area (Å²) in [6, 6.07) is 14.9. The van der Waals surface area contributed by atoms with Gasteiger partial charge in [-0.15, -0.1) is 0 Å². The van der Waals surface area contributed by atoms with Crippen LogP contribution in [0.3, 0.4) is 0 Å². The van der Waals surface area contributed by atoms with Crippen molar-refractivity contribution in [1.82, 2.24) is 4.90 Å². The van der Waals surface area contributed by atoms with Gasteiger partial charge in [-0.3, -0.25) is 9.69 Å². The highest BCUT2D eigenvalue weighted by molar-refractivity contribution is 6.76. The van der Waals surface area contributed by atoms with E-state index < -0.39 is 16.0 Å². The van der Waals surface area contributed by atoms with Crippen molar-refractivity contribution in [3.8, 4) is 0 Å². The van der Waals surface area contributed by atoms with E-state index in [0.29, 0.717) is 24.2 Å². The molecule has 7 nitrogen and oxygen atoms in total. The van der Waals surface area contributed by atoms with E-state index >= 15 is 0 Å². The Hall–Kier alpha value is -1.42. The summed E-state index contributed by atoms with van der Waals surface area (Å²) < 4.78 is 10.7. The topological polar surface area (TPSA) is 91.3 Å². The number of nitrogens with zero attached hydrogens (tertiary/aromatic N) is 1. The number of anilines is 1. The number of carbonyl (C=O) groups is 1. The molecule has 0 spiro atoms. The molecule has 2 fully saturated rings. The minimum atomic E-state index is -2.08. The van der Waals surface area contributed by atoms with Crippen molar-refractivity contribution in [2.75, 3.05) is 25.0 Å². The van der Waals surface area contributed by atoms with Gasteiger partial charge in [0.15, 0.2) is 6.29 Å². The summed E-state index contributed by atoms with van der Waals surface area (Å²) in [4.78, 5) is 14.4. The average Bonchev–Trinajstić information content (AvgIpc) is 3.30. The number of benzene rings is 2. The molecule has 1 amide bonds. The van der Waals surface area contributed by atoms with E-state index in [1.165, 1.54) is 0 Å². The van der Waals surface area contributed by atoms with Gasteiger partial charge in [0.2, 0.25) is 0 Å². The standard InChI is InChI=1S/C25H29Cl3N2O5/c26-25(27,28)24(33)29-19-4-1-3-18(11-19)23-34-21(13-30-10-2-5-20(30)15-32)12-22(35-23)17-8-6-16(14-31)7-9-17/h1,3-4,6-9,11,20-23,31-32H,2,5,10,12-15H2,(H,29,33)/t20-,21-,22+,23+/m0/s1. The first-order chi connectivity index (χ1) is 16.8. The van der Waals surface area contributed by atoms with Gasteiger partial charge in [0.25, 0.3) is 9.70 Å². The zero-order valence-corrected chi connectivity index (χ0v) is 21.3. The van der Waals surface area contributed by atoms with Crippen LogP contribution < -0.4 is 5.32 Å². The number of rotatable bonds is 7. The van der Waals surface area contributed by atoms with Crippen LogP contribution in [0.1, 0.15) is 48.3 Å². The Morgan fingerprint density at radius 3 is 2.54 bits per heavy atom. The first-order valence-corrected chi connectivity index (χ1v) is 12.7. The number of aliphatic hydroxyl groups is 2. The van der Waals surface area contributed by atoms with Crippen molar-refractivity contribution in [1.29, 1.82) is 0 Å². The van der Waals surface area contributed by atoms with Crippen molar-refractivity contribution in [3.63, 3.8) is 0 Å². The molecule has 4 rings (SSSR count). The van der Waals surface area contributed by atoms with Gasteiger partial charge in [0.05, 0.1) is 25.4 Å². The summed E-state index contributed by atoms with van der Waals surface area (Å²) >= 11 is 17.1. The van der Waals surface area contributed by atoms with Crippen LogP contribution in [0.25, 0.3) is 0 Å². The summed E-state index contributed by atoms with van der Waals surface area (Å²) in [5.41, 5.74) is 2.99. The number of likely N-dealkylation sites (tertiary alicyclic amines) is 1. The Bertz CT molecular complexity index is 1000. The van der Waals surface area contributed by atoms with Crippen molar-refractivity contribution in [2.24, 2.45) is 0 Å². The average molecular weight is 544 g/mol. The lowest BCUT2D eigenvalue weighted by Crippen LogP contribution is -2.42. The highest BCUT2D eigenvalue weighted by Gasteiger charge is 2.36. The summed E-state index contributed by atoms with van der Waals surface area (Å²) in [5, 5.41) is 21.7. The van der Waals surface area contributed by atoms with Gasteiger partial charge >= 0.3 is 0 Å². The number of nitrogens with one attached hydrogen (secondary N) is 1. The molecule has 35 heavy (non-hydrogen) atoms. The van der Waals surface area contributed by atoms with Crippen molar-refractivity contribution in [2.45, 2.75) is 54.2 Å². The fourth-order valence-electron chi connectivity index (χ4n) is 4.60. The SMILES string of the molecule is O=C(Nc1cccc([C@@H]2O[C@H](CN3CCC[C@H]3CO)C[C@H](c3ccc(CO)cc3)O2)c1)C(Cl)(Cl)Cl. The molecule has 2 aromatic carbocycles. The zero-order valence-electron chi connectivity index (χ0n) is 19.1. The van der Waals surface area contributed by atoms with Crippen LogP contribution in [0.5, 0.6) is 0 Å². The second kappa shape index (κ2) is 11.8. The number of alkyl halides is 3. The lowest BCUT2D eigenvalue weighted by molar-refractivity contribution is -0.253. The molecule has 10 heteroatoms. The molecule has 0 aromatic heterocycles. The predicted octanol–water partition coefficient (Wildman–Crippen LogP) is 4.49. The van der Waals surface area contributed by atoms with Gasteiger partial charge in [-0.05, 0) is 42.6 Å². The van der Waals surface area contributed by atoms with Gasteiger partial charge in [0.1, 0.15) is 0 Å². The molecule has 4 atom stereocenters. The van der Waals surface area contributed by atoms with Crippen LogP contribution in [-0.4, -0.2) is 56.7 Å². The lowest BCUT2D eigenvalue weighted by Gasteiger charge is -2.38. The molecule has 0 aliphatic carbocycles. The molecular formula is C25H29Cl3N2O5. The van der Waals surface area contributed by atoms with Crippen LogP contribution in [0.15, 0.2) is 48.5 Å². The largest absolute Gasteiger partial charge is 0.395 e. The second-order valence-corrected chi connectivity index (χ2v) is 11.2. The molecule has 190 valence electrons. The number of carbonyl (C=O) groups excluding carboxylic acids is 1. The van der Waals surface area contributed by atoms with Crippen LogP contribution in [0.2, 0.25) is 0 Å². The molecule has 0 saturated carbocycles. The third-order valence-corrected chi connectivity index (χ3v) is 6.95. The quantitative estimate of drug-likeness (QED) is 0.446. The molecule has 0 bridgehead atoms. The summed E-state index contributed by atoms with van der Waals surface area (Å²) in [7, 11) is 0. The van der Waals surface area contributed by atoms with Gasteiger partial charge in [-0.25, -0.2) is 0 Å². The summed E-state index contributed by atoms with van der Waals surface area (Å²) in [5.74, 6) is -0.756. The van der Waals surface area contributed by atoms with Gasteiger partial charge in [-0.1, -0.05) is 71.2 Å². The van der Waals surface area contributed by atoms with E-state index in [9.17, 15) is 15.0 Å². The minimum Gasteiger partial charge on any atom is -0.395 e. The smallest absolute Gasteiger partial charge is 0.276 e. The van der Waals surface area contributed by atoms with E-state index in [0.717, 1.165) is 30.5 Å². The Balaban J connectivity index is 1.56. The third-order valence-electron chi connectivity index (χ3n) is 6.44. The lowest BCUT2D eigenvalue weighted by atomic mass is 9.99. The number of hydrogen-bond acceptors (Lipinski definition) is 6. The number of amides is 1. The number of halogens is 3. The van der Waals surface area contributed by atoms with Crippen LogP contribution in [-0.2, 0) is 20.9 Å².